The number of ketones is 1. The van der Waals surface area contributed by atoms with E-state index in [1.807, 2.05) is 0 Å². The summed E-state index contributed by atoms with van der Waals surface area (Å²) in [6, 6.07) is 0. The standard InChI is InChI=1S/C13H23NO/c1-10-8-14(5-4-12(10)15)9-11-6-13(2,3)7-11/h10-11H,4-9H2,1-3H3. The molecule has 0 aromatic rings. The number of hydrogen-bond donors (Lipinski definition) is 0. The van der Waals surface area contributed by atoms with Crippen LogP contribution in [0.4, 0.5) is 0 Å². The van der Waals surface area contributed by atoms with Crippen molar-refractivity contribution >= 4 is 5.78 Å². The molecule has 2 rings (SSSR count). The zero-order valence-electron chi connectivity index (χ0n) is 10.3. The second kappa shape index (κ2) is 3.89. The molecule has 15 heavy (non-hydrogen) atoms. The van der Waals surface area contributed by atoms with Gasteiger partial charge in [0.25, 0.3) is 0 Å². The summed E-state index contributed by atoms with van der Waals surface area (Å²) in [6.45, 7) is 9.99. The Labute approximate surface area is 93.0 Å². The molecule has 0 radical (unpaired) electrons. The van der Waals surface area contributed by atoms with Crippen LogP contribution in [-0.4, -0.2) is 30.3 Å². The predicted molar refractivity (Wildman–Crippen MR) is 61.7 cm³/mol. The van der Waals surface area contributed by atoms with Gasteiger partial charge in [-0.15, -0.1) is 0 Å². The van der Waals surface area contributed by atoms with Gasteiger partial charge in [0.1, 0.15) is 5.78 Å². The van der Waals surface area contributed by atoms with Gasteiger partial charge < -0.3 is 4.90 Å². The van der Waals surface area contributed by atoms with Crippen molar-refractivity contribution in [2.24, 2.45) is 17.3 Å². The number of piperidine rings is 1. The van der Waals surface area contributed by atoms with Crippen LogP contribution < -0.4 is 0 Å². The number of Topliss-reactive ketones (excluding diaryl/α,β-unsaturated/α-hetero) is 1. The Kier molecular flexibility index (Phi) is 2.89. The molecule has 0 aromatic carbocycles. The van der Waals surface area contributed by atoms with Crippen LogP contribution in [0.25, 0.3) is 0 Å². The van der Waals surface area contributed by atoms with Gasteiger partial charge in [-0.1, -0.05) is 20.8 Å². The fourth-order valence-electron chi connectivity index (χ4n) is 3.26. The highest BCUT2D eigenvalue weighted by Gasteiger charge is 2.37. The van der Waals surface area contributed by atoms with E-state index >= 15 is 0 Å². The van der Waals surface area contributed by atoms with E-state index in [4.69, 9.17) is 0 Å². The van der Waals surface area contributed by atoms with Gasteiger partial charge in [0.05, 0.1) is 0 Å². The molecule has 1 unspecified atom stereocenters. The van der Waals surface area contributed by atoms with Crippen LogP contribution in [0.5, 0.6) is 0 Å². The van der Waals surface area contributed by atoms with Gasteiger partial charge in [-0.2, -0.15) is 0 Å². The molecular weight excluding hydrogens is 186 g/mol. The lowest BCUT2D eigenvalue weighted by atomic mass is 9.64. The molecule has 0 bridgehead atoms. The van der Waals surface area contributed by atoms with Gasteiger partial charge in [0.2, 0.25) is 0 Å². The first-order valence-electron chi connectivity index (χ1n) is 6.21. The van der Waals surface area contributed by atoms with Crippen molar-refractivity contribution in [2.45, 2.75) is 40.0 Å². The SMILES string of the molecule is CC1CN(CC2CC(C)(C)C2)CCC1=O. The number of likely N-dealkylation sites (tertiary alicyclic amines) is 1. The van der Waals surface area contributed by atoms with Crippen LogP contribution >= 0.6 is 0 Å². The molecule has 2 nitrogen and oxygen atoms in total. The molecule has 0 amide bonds. The topological polar surface area (TPSA) is 20.3 Å². The summed E-state index contributed by atoms with van der Waals surface area (Å²) >= 11 is 0. The van der Waals surface area contributed by atoms with Gasteiger partial charge >= 0.3 is 0 Å². The number of carbonyl (C=O) groups is 1. The van der Waals surface area contributed by atoms with Crippen molar-refractivity contribution in [2.75, 3.05) is 19.6 Å². The van der Waals surface area contributed by atoms with Crippen molar-refractivity contribution < 1.29 is 4.79 Å². The van der Waals surface area contributed by atoms with E-state index in [0.717, 1.165) is 25.4 Å². The zero-order valence-corrected chi connectivity index (χ0v) is 10.3. The number of nitrogens with zero attached hydrogens (tertiary/aromatic N) is 1. The molecule has 0 spiro atoms. The van der Waals surface area contributed by atoms with E-state index in [1.54, 1.807) is 0 Å². The predicted octanol–water partition coefficient (Wildman–Crippen LogP) is 2.33. The number of carbonyl (C=O) groups excluding carboxylic acids is 1. The molecule has 0 aromatic heterocycles. The summed E-state index contributed by atoms with van der Waals surface area (Å²) in [7, 11) is 0. The first-order valence-corrected chi connectivity index (χ1v) is 6.21. The summed E-state index contributed by atoms with van der Waals surface area (Å²) in [4.78, 5) is 13.9. The molecule has 1 saturated carbocycles. The molecular formula is C13H23NO. The maximum Gasteiger partial charge on any atom is 0.138 e. The fraction of sp³-hybridized carbons (Fsp3) is 0.923. The molecule has 2 fully saturated rings. The highest BCUT2D eigenvalue weighted by atomic mass is 16.1. The molecule has 2 heteroatoms. The van der Waals surface area contributed by atoms with Gasteiger partial charge in [0.15, 0.2) is 0 Å². The van der Waals surface area contributed by atoms with Crippen LogP contribution in [-0.2, 0) is 4.79 Å². The van der Waals surface area contributed by atoms with E-state index < -0.39 is 0 Å². The molecule has 2 aliphatic rings. The molecule has 0 N–H and O–H groups in total. The Morgan fingerprint density at radius 1 is 1.40 bits per heavy atom. The zero-order chi connectivity index (χ0) is 11.1. The second-order valence-corrected chi connectivity index (χ2v) is 6.32. The molecule has 1 saturated heterocycles. The van der Waals surface area contributed by atoms with Crippen LogP contribution in [0.3, 0.4) is 0 Å². The Morgan fingerprint density at radius 2 is 2.07 bits per heavy atom. The fourth-order valence-corrected chi connectivity index (χ4v) is 3.26. The van der Waals surface area contributed by atoms with E-state index in [2.05, 4.69) is 25.7 Å². The Morgan fingerprint density at radius 3 is 2.60 bits per heavy atom. The van der Waals surface area contributed by atoms with E-state index in [9.17, 15) is 4.79 Å². The molecule has 1 aliphatic heterocycles. The first-order chi connectivity index (χ1) is 6.96. The summed E-state index contributed by atoms with van der Waals surface area (Å²) in [5, 5.41) is 0. The molecule has 1 heterocycles. The second-order valence-electron chi connectivity index (χ2n) is 6.32. The van der Waals surface area contributed by atoms with Crippen molar-refractivity contribution in [3.63, 3.8) is 0 Å². The minimum Gasteiger partial charge on any atom is -0.302 e. The maximum absolute atomic E-state index is 11.4. The van der Waals surface area contributed by atoms with Crippen LogP contribution in [0.2, 0.25) is 0 Å². The van der Waals surface area contributed by atoms with Crippen LogP contribution in [0.15, 0.2) is 0 Å². The van der Waals surface area contributed by atoms with Gasteiger partial charge in [-0.05, 0) is 24.2 Å². The Bertz CT molecular complexity index is 251. The van der Waals surface area contributed by atoms with Crippen molar-refractivity contribution in [3.8, 4) is 0 Å². The van der Waals surface area contributed by atoms with E-state index in [0.29, 0.717) is 11.2 Å². The minimum absolute atomic E-state index is 0.270. The third-order valence-electron chi connectivity index (χ3n) is 3.96. The van der Waals surface area contributed by atoms with Crippen molar-refractivity contribution in [1.29, 1.82) is 0 Å². The summed E-state index contributed by atoms with van der Waals surface area (Å²) in [6.07, 6.45) is 3.51. The monoisotopic (exact) mass is 209 g/mol. The third kappa shape index (κ3) is 2.60. The Balaban J connectivity index is 1.75. The largest absolute Gasteiger partial charge is 0.302 e. The minimum atomic E-state index is 0.270. The molecule has 86 valence electrons. The lowest BCUT2D eigenvalue weighted by Crippen LogP contribution is -2.45. The molecule has 1 atom stereocenters. The van der Waals surface area contributed by atoms with Crippen molar-refractivity contribution in [1.82, 2.24) is 4.90 Å². The Hall–Kier alpha value is -0.370. The van der Waals surface area contributed by atoms with E-state index in [-0.39, 0.29) is 5.92 Å². The van der Waals surface area contributed by atoms with Gasteiger partial charge in [-0.25, -0.2) is 0 Å². The summed E-state index contributed by atoms with van der Waals surface area (Å²) in [5.41, 5.74) is 0.585. The average Bonchev–Trinajstić information content (AvgIpc) is 2.08. The van der Waals surface area contributed by atoms with Gasteiger partial charge in [0, 0.05) is 32.0 Å². The normalized spacial score (nSPS) is 32.7. The highest BCUT2D eigenvalue weighted by molar-refractivity contribution is 5.81. The lowest BCUT2D eigenvalue weighted by Gasteiger charge is -2.45. The lowest BCUT2D eigenvalue weighted by molar-refractivity contribution is -0.126. The average molecular weight is 209 g/mol. The first kappa shape index (κ1) is 11.1. The van der Waals surface area contributed by atoms with Crippen LogP contribution in [0.1, 0.15) is 40.0 Å². The molecule has 1 aliphatic carbocycles. The third-order valence-corrected chi connectivity index (χ3v) is 3.96. The smallest absolute Gasteiger partial charge is 0.138 e. The summed E-state index contributed by atoms with van der Waals surface area (Å²) in [5.74, 6) is 1.62. The maximum atomic E-state index is 11.4. The quantitative estimate of drug-likeness (QED) is 0.695. The number of hydrogen-bond acceptors (Lipinski definition) is 2. The summed E-state index contributed by atoms with van der Waals surface area (Å²) < 4.78 is 0. The number of rotatable bonds is 2. The van der Waals surface area contributed by atoms with Crippen LogP contribution in [0, 0.1) is 17.3 Å². The van der Waals surface area contributed by atoms with Gasteiger partial charge in [-0.3, -0.25) is 4.79 Å². The van der Waals surface area contributed by atoms with Crippen molar-refractivity contribution in [3.05, 3.63) is 0 Å². The highest BCUT2D eigenvalue weighted by Crippen LogP contribution is 2.45. The van der Waals surface area contributed by atoms with E-state index in [1.165, 1.54) is 19.4 Å².